The molecule has 0 amide bonds. The number of fused-ring (bicyclic) bond motifs is 1. The SMILES string of the molecule is Cc1nn(-c2ccccc2)c2c1[C@H](c1cc(C)n(C3CC3)c1C)C1=C(CC(C)(C)CC1=O)N2. The topological polar surface area (TPSA) is 51.9 Å². The molecule has 170 valence electrons. The summed E-state index contributed by atoms with van der Waals surface area (Å²) in [5, 5.41) is 8.67. The maximum absolute atomic E-state index is 13.6. The number of aryl methyl sites for hydroxylation is 2. The standard InChI is InChI=1S/C28H32N4O/c1-16-13-21(18(3)31(16)19-11-12-19)25-24-17(2)30-32(20-9-7-6-8-10-20)27(24)29-22-14-28(4,5)15-23(33)26(22)25/h6-10,13,19,25,29H,11-12,14-15H2,1-5H3/t25-/m0/s1. The second-order valence-corrected chi connectivity index (χ2v) is 10.9. The minimum atomic E-state index is -0.0731. The Morgan fingerprint density at radius 2 is 1.79 bits per heavy atom. The van der Waals surface area contributed by atoms with Crippen LogP contribution in [0.15, 0.2) is 47.7 Å². The lowest BCUT2D eigenvalue weighted by molar-refractivity contribution is -0.118. The fourth-order valence-electron chi connectivity index (χ4n) is 6.13. The van der Waals surface area contributed by atoms with E-state index >= 15 is 0 Å². The molecule has 2 aliphatic carbocycles. The number of ketones is 1. The van der Waals surface area contributed by atoms with Crippen LogP contribution in [-0.4, -0.2) is 20.1 Å². The Morgan fingerprint density at radius 1 is 1.06 bits per heavy atom. The van der Waals surface area contributed by atoms with E-state index in [1.165, 1.54) is 29.8 Å². The zero-order valence-corrected chi connectivity index (χ0v) is 20.2. The van der Waals surface area contributed by atoms with E-state index in [1.807, 2.05) is 22.9 Å². The Balaban J connectivity index is 1.61. The predicted octanol–water partition coefficient (Wildman–Crippen LogP) is 6.13. The van der Waals surface area contributed by atoms with Gasteiger partial charge in [0.2, 0.25) is 0 Å². The third-order valence-corrected chi connectivity index (χ3v) is 7.62. The largest absolute Gasteiger partial charge is 0.346 e. The van der Waals surface area contributed by atoms with Gasteiger partial charge in [0.15, 0.2) is 5.78 Å². The Bertz CT molecular complexity index is 1320. The van der Waals surface area contributed by atoms with Crippen molar-refractivity contribution in [3.05, 3.63) is 75.9 Å². The van der Waals surface area contributed by atoms with Crippen molar-refractivity contribution in [2.75, 3.05) is 5.32 Å². The van der Waals surface area contributed by atoms with Crippen LogP contribution >= 0.6 is 0 Å². The van der Waals surface area contributed by atoms with Gasteiger partial charge in [0.1, 0.15) is 5.82 Å². The first-order valence-corrected chi connectivity index (χ1v) is 12.1. The van der Waals surface area contributed by atoms with Crippen LogP contribution < -0.4 is 5.32 Å². The number of allylic oxidation sites excluding steroid dienone is 2. The number of anilines is 1. The smallest absolute Gasteiger partial charge is 0.162 e. The second kappa shape index (κ2) is 6.96. The van der Waals surface area contributed by atoms with Gasteiger partial charge in [0, 0.05) is 46.6 Å². The van der Waals surface area contributed by atoms with Gasteiger partial charge in [-0.15, -0.1) is 0 Å². The number of benzene rings is 1. The molecule has 0 bridgehead atoms. The first kappa shape index (κ1) is 20.5. The molecule has 0 radical (unpaired) electrons. The molecular weight excluding hydrogens is 408 g/mol. The van der Waals surface area contributed by atoms with E-state index in [0.717, 1.165) is 40.5 Å². The number of nitrogens with zero attached hydrogens (tertiary/aromatic N) is 3. The highest BCUT2D eigenvalue weighted by Gasteiger charge is 2.44. The number of nitrogens with one attached hydrogen (secondary N) is 1. The average molecular weight is 441 g/mol. The summed E-state index contributed by atoms with van der Waals surface area (Å²) in [5.41, 5.74) is 8.97. The van der Waals surface area contributed by atoms with E-state index in [2.05, 4.69) is 62.7 Å². The molecule has 5 heteroatoms. The van der Waals surface area contributed by atoms with Crippen molar-refractivity contribution in [1.82, 2.24) is 14.3 Å². The molecule has 1 aliphatic heterocycles. The molecule has 33 heavy (non-hydrogen) atoms. The zero-order valence-electron chi connectivity index (χ0n) is 20.2. The van der Waals surface area contributed by atoms with Crippen LogP contribution in [0.5, 0.6) is 0 Å². The number of aromatic nitrogens is 3. The van der Waals surface area contributed by atoms with Gasteiger partial charge < -0.3 is 9.88 Å². The highest BCUT2D eigenvalue weighted by Crippen LogP contribution is 2.52. The number of hydrogen-bond donors (Lipinski definition) is 1. The highest BCUT2D eigenvalue weighted by atomic mass is 16.1. The summed E-state index contributed by atoms with van der Waals surface area (Å²) in [4.78, 5) is 13.6. The summed E-state index contributed by atoms with van der Waals surface area (Å²) < 4.78 is 4.51. The van der Waals surface area contributed by atoms with Crippen molar-refractivity contribution in [3.63, 3.8) is 0 Å². The van der Waals surface area contributed by atoms with Gasteiger partial charge in [-0.2, -0.15) is 5.10 Å². The Kier molecular flexibility index (Phi) is 4.33. The molecule has 1 aromatic carbocycles. The van der Waals surface area contributed by atoms with Crippen molar-refractivity contribution in [3.8, 4) is 5.69 Å². The van der Waals surface area contributed by atoms with Gasteiger partial charge in [-0.1, -0.05) is 32.0 Å². The Hall–Kier alpha value is -3.08. The predicted molar refractivity (Wildman–Crippen MR) is 131 cm³/mol. The molecule has 1 atom stereocenters. The van der Waals surface area contributed by atoms with E-state index in [4.69, 9.17) is 5.10 Å². The van der Waals surface area contributed by atoms with Crippen LogP contribution in [0.4, 0.5) is 5.82 Å². The molecule has 6 rings (SSSR count). The Labute approximate surface area is 195 Å². The van der Waals surface area contributed by atoms with Crippen LogP contribution in [0.25, 0.3) is 5.69 Å². The molecule has 1 saturated carbocycles. The summed E-state index contributed by atoms with van der Waals surface area (Å²) in [7, 11) is 0. The first-order valence-electron chi connectivity index (χ1n) is 12.1. The molecule has 0 unspecified atom stereocenters. The van der Waals surface area contributed by atoms with E-state index in [1.54, 1.807) is 0 Å². The average Bonchev–Trinajstić information content (AvgIpc) is 3.47. The summed E-state index contributed by atoms with van der Waals surface area (Å²) >= 11 is 0. The van der Waals surface area contributed by atoms with Crippen LogP contribution in [0.1, 0.15) is 79.7 Å². The van der Waals surface area contributed by atoms with E-state index in [9.17, 15) is 4.79 Å². The lowest BCUT2D eigenvalue weighted by Crippen LogP contribution is -2.34. The van der Waals surface area contributed by atoms with E-state index in [0.29, 0.717) is 12.5 Å². The summed E-state index contributed by atoms with van der Waals surface area (Å²) in [5.74, 6) is 1.20. The fourth-order valence-corrected chi connectivity index (χ4v) is 6.13. The number of rotatable bonds is 3. The van der Waals surface area contributed by atoms with Gasteiger partial charge in [0.25, 0.3) is 0 Å². The third kappa shape index (κ3) is 3.12. The Morgan fingerprint density at radius 3 is 2.48 bits per heavy atom. The van der Waals surface area contributed by atoms with Gasteiger partial charge in [-0.25, -0.2) is 4.68 Å². The van der Waals surface area contributed by atoms with Gasteiger partial charge in [0.05, 0.1) is 11.4 Å². The maximum atomic E-state index is 13.6. The number of carbonyl (C=O) groups is 1. The molecule has 3 aliphatic rings. The molecule has 1 fully saturated rings. The second-order valence-electron chi connectivity index (χ2n) is 10.9. The van der Waals surface area contributed by atoms with Crippen molar-refractivity contribution >= 4 is 11.6 Å². The number of carbonyl (C=O) groups excluding carboxylic acids is 1. The van der Waals surface area contributed by atoms with Crippen LogP contribution in [0.3, 0.4) is 0 Å². The third-order valence-electron chi connectivity index (χ3n) is 7.62. The lowest BCUT2D eigenvalue weighted by Gasteiger charge is -2.38. The van der Waals surface area contributed by atoms with Crippen LogP contribution in [0.2, 0.25) is 0 Å². The van der Waals surface area contributed by atoms with Crippen LogP contribution in [-0.2, 0) is 4.79 Å². The number of hydrogen-bond acceptors (Lipinski definition) is 3. The highest BCUT2D eigenvalue weighted by molar-refractivity contribution is 6.01. The lowest BCUT2D eigenvalue weighted by atomic mass is 9.69. The fraction of sp³-hybridized carbons (Fsp3) is 0.429. The molecule has 3 heterocycles. The van der Waals surface area contributed by atoms with Crippen LogP contribution in [0, 0.1) is 26.2 Å². The molecular formula is C28H32N4O. The zero-order chi connectivity index (χ0) is 23.1. The van der Waals surface area contributed by atoms with Gasteiger partial charge in [-0.3, -0.25) is 4.79 Å². The molecule has 0 spiro atoms. The van der Waals surface area contributed by atoms with Gasteiger partial charge in [-0.05, 0) is 69.2 Å². The monoisotopic (exact) mass is 440 g/mol. The molecule has 1 N–H and O–H groups in total. The van der Waals surface area contributed by atoms with Crippen molar-refractivity contribution < 1.29 is 4.79 Å². The number of para-hydroxylation sites is 1. The van der Waals surface area contributed by atoms with E-state index in [-0.39, 0.29) is 17.1 Å². The first-order chi connectivity index (χ1) is 15.7. The van der Waals surface area contributed by atoms with Crippen molar-refractivity contribution in [1.29, 1.82) is 0 Å². The minimum absolute atomic E-state index is 0.0531. The van der Waals surface area contributed by atoms with Crippen molar-refractivity contribution in [2.45, 2.75) is 72.3 Å². The number of Topliss-reactive ketones (excluding diaryl/α,β-unsaturated/α-hetero) is 1. The minimum Gasteiger partial charge on any atom is -0.346 e. The van der Waals surface area contributed by atoms with Gasteiger partial charge >= 0.3 is 0 Å². The molecule has 5 nitrogen and oxygen atoms in total. The van der Waals surface area contributed by atoms with Crippen molar-refractivity contribution in [2.24, 2.45) is 5.41 Å². The molecule has 3 aromatic rings. The summed E-state index contributed by atoms with van der Waals surface area (Å²) in [6, 6.07) is 13.2. The summed E-state index contributed by atoms with van der Waals surface area (Å²) in [6.07, 6.45) is 3.95. The van der Waals surface area contributed by atoms with E-state index < -0.39 is 0 Å². The quantitative estimate of drug-likeness (QED) is 0.533. The normalized spacial score (nSPS) is 21.6. The summed E-state index contributed by atoms with van der Waals surface area (Å²) in [6.45, 7) is 10.9. The molecule has 2 aromatic heterocycles. The molecule has 0 saturated heterocycles. The maximum Gasteiger partial charge on any atom is 0.162 e.